The van der Waals surface area contributed by atoms with Crippen LogP contribution in [0, 0.1) is 6.92 Å². The predicted molar refractivity (Wildman–Crippen MR) is 95.1 cm³/mol. The first kappa shape index (κ1) is 16.9. The maximum atomic E-state index is 12.3. The Morgan fingerprint density at radius 3 is 2.88 bits per heavy atom. The van der Waals surface area contributed by atoms with Crippen LogP contribution in [0.15, 0.2) is 36.5 Å². The van der Waals surface area contributed by atoms with Crippen LogP contribution in [-0.4, -0.2) is 23.7 Å². The summed E-state index contributed by atoms with van der Waals surface area (Å²) in [4.78, 5) is 17.7. The van der Waals surface area contributed by atoms with E-state index in [2.05, 4.69) is 27.8 Å². The topological polar surface area (TPSA) is 63.2 Å². The van der Waals surface area contributed by atoms with Gasteiger partial charge < -0.3 is 15.4 Å². The Morgan fingerprint density at radius 1 is 1.38 bits per heavy atom. The molecule has 2 heterocycles. The molecule has 1 fully saturated rings. The van der Waals surface area contributed by atoms with Crippen molar-refractivity contribution >= 4 is 17.4 Å². The number of carbonyl (C=O) groups excluding carboxylic acids is 1. The minimum absolute atomic E-state index is 0.0456. The molecule has 1 aromatic carbocycles. The Balaban J connectivity index is 1.52. The molecule has 2 amide bonds. The second-order valence-electron chi connectivity index (χ2n) is 6.14. The number of nitrogens with zero attached hydrogens (tertiary/aromatic N) is 1. The normalized spacial score (nSPS) is 21.9. The van der Waals surface area contributed by atoms with Gasteiger partial charge in [-0.1, -0.05) is 30.3 Å². The minimum Gasteiger partial charge on any atom is -0.373 e. The molecule has 3 rings (SSSR count). The molecule has 1 aromatic heterocycles. The second kappa shape index (κ2) is 7.77. The van der Waals surface area contributed by atoms with Gasteiger partial charge in [0.1, 0.15) is 5.01 Å². The van der Waals surface area contributed by atoms with Crippen LogP contribution in [0.1, 0.15) is 47.4 Å². The Hall–Kier alpha value is -1.92. The quantitative estimate of drug-likeness (QED) is 0.887. The SMILES string of the molecule is Cc1cnc([C@H](C)NC(=O)N[C@H]2CCO[C@H](c3ccccc3)C2)s1. The highest BCUT2D eigenvalue weighted by atomic mass is 32.1. The molecule has 24 heavy (non-hydrogen) atoms. The van der Waals surface area contributed by atoms with Crippen LogP contribution in [0.25, 0.3) is 0 Å². The summed E-state index contributed by atoms with van der Waals surface area (Å²) in [7, 11) is 0. The number of amides is 2. The molecule has 0 aliphatic carbocycles. The van der Waals surface area contributed by atoms with Crippen molar-refractivity contribution in [2.24, 2.45) is 0 Å². The number of hydrogen-bond donors (Lipinski definition) is 2. The highest BCUT2D eigenvalue weighted by Crippen LogP contribution is 2.28. The summed E-state index contributed by atoms with van der Waals surface area (Å²) in [5, 5.41) is 6.97. The molecule has 1 aliphatic rings. The van der Waals surface area contributed by atoms with E-state index in [1.54, 1.807) is 11.3 Å². The molecule has 1 saturated heterocycles. The zero-order valence-electron chi connectivity index (χ0n) is 14.0. The number of aromatic nitrogens is 1. The first-order valence-corrected chi connectivity index (χ1v) is 9.09. The first-order valence-electron chi connectivity index (χ1n) is 8.27. The highest BCUT2D eigenvalue weighted by molar-refractivity contribution is 7.11. The number of nitrogens with one attached hydrogen (secondary N) is 2. The lowest BCUT2D eigenvalue weighted by Gasteiger charge is -2.30. The molecular weight excluding hydrogens is 322 g/mol. The fourth-order valence-electron chi connectivity index (χ4n) is 2.89. The highest BCUT2D eigenvalue weighted by Gasteiger charge is 2.25. The van der Waals surface area contributed by atoms with Crippen LogP contribution in [0.2, 0.25) is 0 Å². The van der Waals surface area contributed by atoms with Gasteiger partial charge in [0.2, 0.25) is 0 Å². The molecule has 2 aromatic rings. The van der Waals surface area contributed by atoms with E-state index in [1.807, 2.05) is 38.2 Å². The predicted octanol–water partition coefficient (Wildman–Crippen LogP) is 3.73. The van der Waals surface area contributed by atoms with E-state index in [0.29, 0.717) is 6.61 Å². The van der Waals surface area contributed by atoms with Crippen molar-refractivity contribution in [2.45, 2.75) is 44.9 Å². The Labute approximate surface area is 146 Å². The lowest BCUT2D eigenvalue weighted by Crippen LogP contribution is -2.45. The zero-order chi connectivity index (χ0) is 16.9. The summed E-state index contributed by atoms with van der Waals surface area (Å²) in [6.07, 6.45) is 3.51. The van der Waals surface area contributed by atoms with Gasteiger partial charge in [-0.25, -0.2) is 9.78 Å². The van der Waals surface area contributed by atoms with Crippen LogP contribution < -0.4 is 10.6 Å². The van der Waals surface area contributed by atoms with Crippen molar-refractivity contribution in [1.29, 1.82) is 0 Å². The monoisotopic (exact) mass is 345 g/mol. The van der Waals surface area contributed by atoms with Crippen molar-refractivity contribution < 1.29 is 9.53 Å². The third kappa shape index (κ3) is 4.33. The minimum atomic E-state index is -0.144. The van der Waals surface area contributed by atoms with E-state index in [1.165, 1.54) is 0 Å². The molecule has 0 radical (unpaired) electrons. The van der Waals surface area contributed by atoms with Crippen LogP contribution in [-0.2, 0) is 4.74 Å². The lowest BCUT2D eigenvalue weighted by atomic mass is 9.97. The molecule has 0 spiro atoms. The van der Waals surface area contributed by atoms with E-state index in [0.717, 1.165) is 28.3 Å². The molecule has 3 atom stereocenters. The number of carbonyl (C=O) groups is 1. The van der Waals surface area contributed by atoms with Crippen molar-refractivity contribution in [3.8, 4) is 0 Å². The van der Waals surface area contributed by atoms with E-state index in [9.17, 15) is 4.79 Å². The Morgan fingerprint density at radius 2 is 2.17 bits per heavy atom. The number of benzene rings is 1. The number of rotatable bonds is 4. The summed E-state index contributed by atoms with van der Waals surface area (Å²) >= 11 is 1.61. The summed E-state index contributed by atoms with van der Waals surface area (Å²) < 4.78 is 5.85. The molecule has 0 saturated carbocycles. The van der Waals surface area contributed by atoms with Gasteiger partial charge in [-0.3, -0.25) is 0 Å². The van der Waals surface area contributed by atoms with Crippen molar-refractivity contribution in [1.82, 2.24) is 15.6 Å². The number of urea groups is 1. The second-order valence-corrected chi connectivity index (χ2v) is 7.41. The molecule has 6 heteroatoms. The van der Waals surface area contributed by atoms with Crippen molar-refractivity contribution in [3.05, 3.63) is 52.0 Å². The number of aryl methyl sites for hydroxylation is 1. The smallest absolute Gasteiger partial charge is 0.315 e. The van der Waals surface area contributed by atoms with Crippen LogP contribution in [0.5, 0.6) is 0 Å². The molecule has 0 bridgehead atoms. The average Bonchev–Trinajstić information content (AvgIpc) is 3.02. The fourth-order valence-corrected chi connectivity index (χ4v) is 3.66. The molecule has 2 N–H and O–H groups in total. The van der Waals surface area contributed by atoms with Gasteiger partial charge in [0.25, 0.3) is 0 Å². The average molecular weight is 345 g/mol. The summed E-state index contributed by atoms with van der Waals surface area (Å²) in [6.45, 7) is 4.63. The molecular formula is C18H23N3O2S. The van der Waals surface area contributed by atoms with Gasteiger partial charge in [-0.15, -0.1) is 11.3 Å². The third-order valence-corrected chi connectivity index (χ3v) is 5.24. The Kier molecular flexibility index (Phi) is 5.48. The van der Waals surface area contributed by atoms with Crippen molar-refractivity contribution in [3.63, 3.8) is 0 Å². The summed E-state index contributed by atoms with van der Waals surface area (Å²) in [5.41, 5.74) is 1.16. The molecule has 1 aliphatic heterocycles. The zero-order valence-corrected chi connectivity index (χ0v) is 14.8. The van der Waals surface area contributed by atoms with Gasteiger partial charge in [0, 0.05) is 23.7 Å². The van der Waals surface area contributed by atoms with E-state index in [-0.39, 0.29) is 24.2 Å². The van der Waals surface area contributed by atoms with Crippen LogP contribution in [0.3, 0.4) is 0 Å². The van der Waals surface area contributed by atoms with E-state index in [4.69, 9.17) is 4.74 Å². The van der Waals surface area contributed by atoms with Gasteiger partial charge >= 0.3 is 6.03 Å². The van der Waals surface area contributed by atoms with Crippen LogP contribution in [0.4, 0.5) is 4.79 Å². The number of thiazole rings is 1. The third-order valence-electron chi connectivity index (χ3n) is 4.15. The largest absolute Gasteiger partial charge is 0.373 e. The fraction of sp³-hybridized carbons (Fsp3) is 0.444. The number of hydrogen-bond acceptors (Lipinski definition) is 4. The van der Waals surface area contributed by atoms with E-state index >= 15 is 0 Å². The van der Waals surface area contributed by atoms with Gasteiger partial charge in [-0.05, 0) is 32.3 Å². The maximum absolute atomic E-state index is 12.3. The molecule has 0 unspecified atom stereocenters. The van der Waals surface area contributed by atoms with Gasteiger partial charge in [0.15, 0.2) is 0 Å². The lowest BCUT2D eigenvalue weighted by molar-refractivity contribution is 0.00222. The molecule has 5 nitrogen and oxygen atoms in total. The van der Waals surface area contributed by atoms with Crippen LogP contribution >= 0.6 is 11.3 Å². The van der Waals surface area contributed by atoms with Gasteiger partial charge in [-0.2, -0.15) is 0 Å². The summed E-state index contributed by atoms with van der Waals surface area (Å²) in [5.74, 6) is 0. The first-order chi connectivity index (χ1) is 11.6. The van der Waals surface area contributed by atoms with E-state index < -0.39 is 0 Å². The standard InChI is InChI=1S/C18H23N3O2S/c1-12-11-19-17(24-12)13(2)20-18(22)21-15-8-9-23-16(10-15)14-6-4-3-5-7-14/h3-7,11,13,15-16H,8-10H2,1-2H3,(H2,20,21,22)/t13-,15-,16-/m0/s1. The van der Waals surface area contributed by atoms with Gasteiger partial charge in [0.05, 0.1) is 12.1 Å². The summed E-state index contributed by atoms with van der Waals surface area (Å²) in [6, 6.07) is 10.0. The molecule has 128 valence electrons. The number of ether oxygens (including phenoxy) is 1. The maximum Gasteiger partial charge on any atom is 0.315 e. The Bertz CT molecular complexity index is 674. The van der Waals surface area contributed by atoms with Crippen molar-refractivity contribution in [2.75, 3.05) is 6.61 Å².